The Kier molecular flexibility index (Phi) is 5.28. The predicted molar refractivity (Wildman–Crippen MR) is 61.9 cm³/mol. The molecule has 1 fully saturated rings. The normalized spacial score (nSPS) is 26.5. The summed E-state index contributed by atoms with van der Waals surface area (Å²) in [6, 6.07) is 0. The second kappa shape index (κ2) is 5.98. The van der Waals surface area contributed by atoms with Crippen molar-refractivity contribution in [3.8, 4) is 0 Å². The summed E-state index contributed by atoms with van der Waals surface area (Å²) in [5, 5.41) is 0. The lowest BCUT2D eigenvalue weighted by Gasteiger charge is -2.09. The van der Waals surface area contributed by atoms with Gasteiger partial charge < -0.3 is 9.47 Å². The van der Waals surface area contributed by atoms with E-state index in [1.165, 1.54) is 15.6 Å². The fourth-order valence-corrected chi connectivity index (χ4v) is 1.59. The second-order valence-electron chi connectivity index (χ2n) is 3.31. The molecule has 0 aliphatic carbocycles. The minimum Gasteiger partial charge on any atom is -0.352 e. The molecule has 3 heteroatoms. The first-order valence-corrected chi connectivity index (χ1v) is 5.89. The zero-order valence-electron chi connectivity index (χ0n) is 8.31. The maximum atomic E-state index is 5.56. The zero-order chi connectivity index (χ0) is 9.68. The van der Waals surface area contributed by atoms with Gasteiger partial charge in [-0.05, 0) is 45.1 Å². The van der Waals surface area contributed by atoms with Crippen molar-refractivity contribution >= 4 is 22.6 Å². The van der Waals surface area contributed by atoms with E-state index in [1.807, 2.05) is 0 Å². The molecule has 1 saturated heterocycles. The first kappa shape index (κ1) is 11.5. The molecule has 76 valence electrons. The summed E-state index contributed by atoms with van der Waals surface area (Å²) in [6.07, 6.45) is 3.28. The van der Waals surface area contributed by atoms with Gasteiger partial charge in [0.15, 0.2) is 6.29 Å². The number of halogens is 1. The first-order chi connectivity index (χ1) is 6.24. The van der Waals surface area contributed by atoms with Crippen LogP contribution in [0.4, 0.5) is 0 Å². The average molecular weight is 296 g/mol. The smallest absolute Gasteiger partial charge is 0.161 e. The third kappa shape index (κ3) is 3.95. The summed E-state index contributed by atoms with van der Waals surface area (Å²) < 4.78 is 12.4. The Morgan fingerprint density at radius 2 is 2.46 bits per heavy atom. The van der Waals surface area contributed by atoms with Crippen molar-refractivity contribution in [3.05, 3.63) is 9.15 Å². The van der Waals surface area contributed by atoms with Crippen LogP contribution in [0.25, 0.3) is 0 Å². The zero-order valence-corrected chi connectivity index (χ0v) is 10.5. The van der Waals surface area contributed by atoms with Gasteiger partial charge in [0.1, 0.15) is 0 Å². The van der Waals surface area contributed by atoms with E-state index in [-0.39, 0.29) is 6.29 Å². The van der Waals surface area contributed by atoms with Crippen LogP contribution in [-0.2, 0) is 9.47 Å². The lowest BCUT2D eigenvalue weighted by Crippen LogP contribution is -2.11. The molecule has 0 saturated carbocycles. The van der Waals surface area contributed by atoms with Gasteiger partial charge in [0.05, 0.1) is 6.61 Å². The van der Waals surface area contributed by atoms with Gasteiger partial charge in [0.25, 0.3) is 0 Å². The Labute approximate surface area is 93.8 Å². The van der Waals surface area contributed by atoms with Crippen LogP contribution in [0.2, 0.25) is 0 Å². The van der Waals surface area contributed by atoms with Gasteiger partial charge in [-0.3, -0.25) is 0 Å². The molecule has 0 aromatic rings. The number of allylic oxidation sites excluding steroid dienone is 1. The van der Waals surface area contributed by atoms with Gasteiger partial charge in [-0.2, -0.15) is 0 Å². The van der Waals surface area contributed by atoms with Crippen LogP contribution in [0.1, 0.15) is 33.1 Å². The van der Waals surface area contributed by atoms with Crippen LogP contribution < -0.4 is 0 Å². The van der Waals surface area contributed by atoms with Crippen molar-refractivity contribution in [1.82, 2.24) is 0 Å². The van der Waals surface area contributed by atoms with Crippen molar-refractivity contribution < 1.29 is 9.47 Å². The van der Waals surface area contributed by atoms with E-state index in [1.54, 1.807) is 0 Å². The fourth-order valence-electron chi connectivity index (χ4n) is 1.22. The molecule has 0 unspecified atom stereocenters. The van der Waals surface area contributed by atoms with Crippen LogP contribution >= 0.6 is 22.6 Å². The van der Waals surface area contributed by atoms with Crippen LogP contribution in [-0.4, -0.2) is 19.5 Å². The molecule has 0 aromatic heterocycles. The largest absolute Gasteiger partial charge is 0.352 e. The summed E-state index contributed by atoms with van der Waals surface area (Å²) in [5.41, 5.74) is 1.39. The Morgan fingerprint density at radius 3 is 3.00 bits per heavy atom. The maximum absolute atomic E-state index is 5.56. The molecule has 0 radical (unpaired) electrons. The van der Waals surface area contributed by atoms with Crippen LogP contribution in [0.5, 0.6) is 0 Å². The third-order valence-corrected chi connectivity index (χ3v) is 2.91. The standard InChI is InChI=1S/C10H17IO2/c1-3-4-5-12-10-6-9(7-13-10)8(2)11/h10H,3-7H2,1-2H3/b9-8-/t10-/m0/s1. The highest BCUT2D eigenvalue weighted by atomic mass is 127. The Hall–Kier alpha value is 0.390. The summed E-state index contributed by atoms with van der Waals surface area (Å²) in [7, 11) is 0. The fraction of sp³-hybridized carbons (Fsp3) is 0.800. The van der Waals surface area contributed by atoms with Crippen molar-refractivity contribution in [2.24, 2.45) is 0 Å². The van der Waals surface area contributed by atoms with Crippen molar-refractivity contribution in [2.45, 2.75) is 39.4 Å². The number of hydrogen-bond acceptors (Lipinski definition) is 2. The molecule has 1 rings (SSSR count). The molecule has 0 bridgehead atoms. The number of unbranched alkanes of at least 4 members (excludes halogenated alkanes) is 1. The van der Waals surface area contributed by atoms with Crippen molar-refractivity contribution in [1.29, 1.82) is 0 Å². The van der Waals surface area contributed by atoms with Gasteiger partial charge in [-0.25, -0.2) is 0 Å². The Bertz CT molecular complexity index is 185. The molecule has 1 aliphatic rings. The lowest BCUT2D eigenvalue weighted by atomic mass is 10.2. The molecular formula is C10H17IO2. The van der Waals surface area contributed by atoms with Gasteiger partial charge in [-0.15, -0.1) is 0 Å². The summed E-state index contributed by atoms with van der Waals surface area (Å²) in [6.45, 7) is 5.87. The Balaban J connectivity index is 2.22. The molecule has 0 aromatic carbocycles. The molecular weight excluding hydrogens is 279 g/mol. The quantitative estimate of drug-likeness (QED) is 0.585. The second-order valence-corrected chi connectivity index (χ2v) is 4.92. The van der Waals surface area contributed by atoms with E-state index in [0.29, 0.717) is 0 Å². The van der Waals surface area contributed by atoms with Gasteiger partial charge in [-0.1, -0.05) is 13.3 Å². The molecule has 0 N–H and O–H groups in total. The van der Waals surface area contributed by atoms with E-state index < -0.39 is 0 Å². The summed E-state index contributed by atoms with van der Waals surface area (Å²) in [5.74, 6) is 0. The maximum Gasteiger partial charge on any atom is 0.161 e. The van der Waals surface area contributed by atoms with E-state index in [4.69, 9.17) is 9.47 Å². The number of ether oxygens (including phenoxy) is 2. The van der Waals surface area contributed by atoms with E-state index >= 15 is 0 Å². The van der Waals surface area contributed by atoms with E-state index in [9.17, 15) is 0 Å². The van der Waals surface area contributed by atoms with Gasteiger partial charge in [0, 0.05) is 13.0 Å². The number of rotatable bonds is 4. The van der Waals surface area contributed by atoms with E-state index in [0.717, 1.165) is 26.1 Å². The minimum atomic E-state index is 0.0197. The molecule has 2 nitrogen and oxygen atoms in total. The summed E-state index contributed by atoms with van der Waals surface area (Å²) in [4.78, 5) is 0. The minimum absolute atomic E-state index is 0.0197. The monoisotopic (exact) mass is 296 g/mol. The van der Waals surface area contributed by atoms with Gasteiger partial charge in [0.2, 0.25) is 0 Å². The molecule has 0 spiro atoms. The predicted octanol–water partition coefficient (Wildman–Crippen LogP) is 3.26. The number of hydrogen-bond donors (Lipinski definition) is 0. The first-order valence-electron chi connectivity index (χ1n) is 4.81. The highest BCUT2D eigenvalue weighted by molar-refractivity contribution is 14.1. The topological polar surface area (TPSA) is 18.5 Å². The van der Waals surface area contributed by atoms with Crippen molar-refractivity contribution in [2.75, 3.05) is 13.2 Å². The average Bonchev–Trinajstić information content (AvgIpc) is 2.53. The van der Waals surface area contributed by atoms with Crippen LogP contribution in [0, 0.1) is 0 Å². The highest BCUT2D eigenvalue weighted by Crippen LogP contribution is 2.25. The molecule has 1 atom stereocenters. The SMILES string of the molecule is CCCCO[C@@H]1C/C(=C(\C)I)CO1. The molecule has 13 heavy (non-hydrogen) atoms. The Morgan fingerprint density at radius 1 is 1.69 bits per heavy atom. The molecule has 1 heterocycles. The lowest BCUT2D eigenvalue weighted by molar-refractivity contribution is -0.111. The van der Waals surface area contributed by atoms with Gasteiger partial charge >= 0.3 is 0 Å². The van der Waals surface area contributed by atoms with Crippen LogP contribution in [0.15, 0.2) is 9.15 Å². The van der Waals surface area contributed by atoms with Crippen LogP contribution in [0.3, 0.4) is 0 Å². The highest BCUT2D eigenvalue weighted by Gasteiger charge is 2.21. The third-order valence-electron chi connectivity index (χ3n) is 2.15. The molecule has 0 amide bonds. The summed E-state index contributed by atoms with van der Waals surface area (Å²) >= 11 is 2.34. The van der Waals surface area contributed by atoms with E-state index in [2.05, 4.69) is 36.4 Å². The molecule has 1 aliphatic heterocycles. The van der Waals surface area contributed by atoms with Crippen molar-refractivity contribution in [3.63, 3.8) is 0 Å².